The van der Waals surface area contributed by atoms with E-state index < -0.39 is 5.60 Å². The van der Waals surface area contributed by atoms with E-state index >= 15 is 0 Å². The molecule has 0 bridgehead atoms. The minimum absolute atomic E-state index is 0.136. The maximum Gasteiger partial charge on any atom is 0.306 e. The molecule has 0 heterocycles. The molecule has 0 aliphatic heterocycles. The Kier molecular flexibility index (Phi) is 17.0. The van der Waals surface area contributed by atoms with Crippen LogP contribution in [-0.4, -0.2) is 16.8 Å². The van der Waals surface area contributed by atoms with Crippen LogP contribution in [0.4, 0.5) is 5.69 Å². The second-order valence-corrected chi connectivity index (χ2v) is 12.2. The van der Waals surface area contributed by atoms with Gasteiger partial charge in [0.1, 0.15) is 6.61 Å². The first-order chi connectivity index (χ1) is 18.9. The molecule has 2 aromatic rings. The lowest BCUT2D eigenvalue weighted by Crippen LogP contribution is -2.24. The van der Waals surface area contributed by atoms with Crippen molar-refractivity contribution in [3.8, 4) is 0 Å². The van der Waals surface area contributed by atoms with Crippen LogP contribution in [0.25, 0.3) is 0 Å². The van der Waals surface area contributed by atoms with Crippen molar-refractivity contribution >= 4 is 23.4 Å². The number of aliphatic hydroxyl groups is 1. The molecule has 39 heavy (non-hydrogen) atoms. The summed E-state index contributed by atoms with van der Waals surface area (Å²) in [6.45, 7) is 4.34. The van der Waals surface area contributed by atoms with Gasteiger partial charge in [-0.1, -0.05) is 133 Å². The normalized spacial score (nSPS) is 12.8. The molecule has 0 saturated carbocycles. The third-order valence-electron chi connectivity index (χ3n) is 7.37. The van der Waals surface area contributed by atoms with Crippen LogP contribution >= 0.6 is 11.8 Å². The van der Waals surface area contributed by atoms with Gasteiger partial charge in [0.15, 0.2) is 0 Å². The summed E-state index contributed by atoms with van der Waals surface area (Å²) in [5.74, 6) is 0.339. The number of ether oxygens (including phenoxy) is 1. The first-order valence-corrected chi connectivity index (χ1v) is 16.4. The molecule has 5 heteroatoms. The quantitative estimate of drug-likeness (QED) is 0.0655. The molecule has 1 unspecified atom stereocenters. The van der Waals surface area contributed by atoms with E-state index in [9.17, 15) is 9.90 Å². The molecule has 2 aromatic carbocycles. The molecule has 0 amide bonds. The van der Waals surface area contributed by atoms with E-state index in [1.54, 1.807) is 0 Å². The van der Waals surface area contributed by atoms with E-state index in [0.29, 0.717) is 17.9 Å². The van der Waals surface area contributed by atoms with Gasteiger partial charge < -0.3 is 15.6 Å². The average molecular weight is 556 g/mol. The minimum atomic E-state index is -0.964. The summed E-state index contributed by atoms with van der Waals surface area (Å²) in [6.07, 6.45) is 20.2. The first-order valence-electron chi connectivity index (χ1n) is 15.4. The van der Waals surface area contributed by atoms with Gasteiger partial charge in [-0.3, -0.25) is 4.79 Å². The third-order valence-corrected chi connectivity index (χ3v) is 8.74. The van der Waals surface area contributed by atoms with Crippen molar-refractivity contribution in [2.75, 3.05) is 11.5 Å². The number of hydrogen-bond donors (Lipinski definition) is 2. The van der Waals surface area contributed by atoms with Gasteiger partial charge in [-0.25, -0.2) is 0 Å². The van der Waals surface area contributed by atoms with Crippen molar-refractivity contribution in [1.29, 1.82) is 0 Å². The summed E-state index contributed by atoms with van der Waals surface area (Å²) in [6, 6.07) is 15.4. The minimum Gasteiger partial charge on any atom is -0.461 e. The van der Waals surface area contributed by atoms with Crippen LogP contribution < -0.4 is 5.73 Å². The van der Waals surface area contributed by atoms with Crippen molar-refractivity contribution in [1.82, 2.24) is 0 Å². The van der Waals surface area contributed by atoms with Gasteiger partial charge in [0.2, 0.25) is 0 Å². The number of benzene rings is 2. The van der Waals surface area contributed by atoms with Gasteiger partial charge in [0, 0.05) is 22.8 Å². The highest BCUT2D eigenvalue weighted by Crippen LogP contribution is 2.33. The van der Waals surface area contributed by atoms with E-state index in [4.69, 9.17) is 10.5 Å². The van der Waals surface area contributed by atoms with Crippen molar-refractivity contribution in [3.05, 3.63) is 59.7 Å². The molecule has 0 aromatic heterocycles. The van der Waals surface area contributed by atoms with Crippen LogP contribution in [-0.2, 0) is 21.7 Å². The van der Waals surface area contributed by atoms with E-state index in [1.807, 2.05) is 55.5 Å². The molecule has 0 aliphatic carbocycles. The van der Waals surface area contributed by atoms with Crippen LogP contribution in [0.3, 0.4) is 0 Å². The summed E-state index contributed by atoms with van der Waals surface area (Å²) < 4.78 is 5.52. The highest BCUT2D eigenvalue weighted by Gasteiger charge is 2.23. The Bertz CT molecular complexity index is 916. The number of nitrogen functional groups attached to an aromatic ring is 1. The molecule has 4 nitrogen and oxygen atoms in total. The fraction of sp³-hybridized carbons (Fsp3) is 0.618. The highest BCUT2D eigenvalue weighted by atomic mass is 32.2. The summed E-state index contributed by atoms with van der Waals surface area (Å²) in [7, 11) is 0. The molecule has 3 N–H and O–H groups in total. The lowest BCUT2D eigenvalue weighted by atomic mass is 9.99. The number of carbonyl (C=O) groups excluding carboxylic acids is 1. The molecule has 0 spiro atoms. The van der Waals surface area contributed by atoms with Crippen LogP contribution in [0.2, 0.25) is 0 Å². The highest BCUT2D eigenvalue weighted by molar-refractivity contribution is 7.99. The molecule has 0 fully saturated rings. The largest absolute Gasteiger partial charge is 0.461 e. The zero-order chi connectivity index (χ0) is 28.2. The maximum absolute atomic E-state index is 12.2. The molecule has 0 radical (unpaired) electrons. The van der Waals surface area contributed by atoms with Crippen molar-refractivity contribution < 1.29 is 14.6 Å². The predicted octanol–water partition coefficient (Wildman–Crippen LogP) is 9.57. The SMILES string of the molecule is CCCCCCCCCCCCCCCCCC(=O)OCc1ccc(N)c(SCC(C)(O)c2ccccc2)c1. The zero-order valence-corrected chi connectivity index (χ0v) is 25.4. The number of esters is 1. The topological polar surface area (TPSA) is 72.5 Å². The molecule has 0 saturated heterocycles. The smallest absolute Gasteiger partial charge is 0.306 e. The van der Waals surface area contributed by atoms with Gasteiger partial charge in [-0.2, -0.15) is 0 Å². The molecule has 1 atom stereocenters. The van der Waals surface area contributed by atoms with Gasteiger partial charge in [0.05, 0.1) is 5.60 Å². The van der Waals surface area contributed by atoms with Gasteiger partial charge in [0.25, 0.3) is 0 Å². The van der Waals surface area contributed by atoms with Crippen molar-refractivity contribution in [2.24, 2.45) is 0 Å². The standard InChI is InChI=1S/C34H53NO3S/c1-3-4-5-6-7-8-9-10-11-12-13-14-15-16-20-23-33(36)38-27-29-24-25-31(35)32(26-29)39-28-34(2,37)30-21-18-17-19-22-30/h17-19,21-22,24-26,37H,3-16,20,23,27-28,35H2,1-2H3. The Morgan fingerprint density at radius 3 is 1.92 bits per heavy atom. The molecular weight excluding hydrogens is 502 g/mol. The Hall–Kier alpha value is -1.98. The number of carbonyl (C=O) groups is 1. The fourth-order valence-corrected chi connectivity index (χ4v) is 5.84. The fourth-order valence-electron chi connectivity index (χ4n) is 4.77. The molecule has 2 rings (SSSR count). The average Bonchev–Trinajstić information content (AvgIpc) is 2.94. The lowest BCUT2D eigenvalue weighted by Gasteiger charge is -2.23. The van der Waals surface area contributed by atoms with Gasteiger partial charge in [-0.15, -0.1) is 11.8 Å². The van der Waals surface area contributed by atoms with Gasteiger partial charge >= 0.3 is 5.97 Å². The summed E-state index contributed by atoms with van der Waals surface area (Å²) in [5, 5.41) is 10.9. The van der Waals surface area contributed by atoms with E-state index in [-0.39, 0.29) is 12.6 Å². The Morgan fingerprint density at radius 2 is 1.36 bits per heavy atom. The summed E-state index contributed by atoms with van der Waals surface area (Å²) in [4.78, 5) is 13.1. The number of hydrogen-bond acceptors (Lipinski definition) is 5. The van der Waals surface area contributed by atoms with Crippen molar-refractivity contribution in [3.63, 3.8) is 0 Å². The lowest BCUT2D eigenvalue weighted by molar-refractivity contribution is -0.145. The second-order valence-electron chi connectivity index (χ2n) is 11.2. The number of rotatable bonds is 22. The Labute approximate surface area is 242 Å². The number of anilines is 1. The van der Waals surface area contributed by atoms with Crippen LogP contribution in [0, 0.1) is 0 Å². The Morgan fingerprint density at radius 1 is 0.821 bits per heavy atom. The zero-order valence-electron chi connectivity index (χ0n) is 24.6. The molecule has 218 valence electrons. The second kappa shape index (κ2) is 20.0. The van der Waals surface area contributed by atoms with E-state index in [2.05, 4.69) is 6.92 Å². The predicted molar refractivity (Wildman–Crippen MR) is 167 cm³/mol. The van der Waals surface area contributed by atoms with E-state index in [1.165, 1.54) is 95.2 Å². The van der Waals surface area contributed by atoms with Crippen molar-refractivity contribution in [2.45, 2.75) is 134 Å². The molecular formula is C34H53NO3S. The Balaban J connectivity index is 1.52. The number of nitrogens with two attached hydrogens (primary N) is 1. The molecule has 0 aliphatic rings. The third kappa shape index (κ3) is 14.8. The van der Waals surface area contributed by atoms with Crippen LogP contribution in [0.15, 0.2) is 53.4 Å². The summed E-state index contributed by atoms with van der Waals surface area (Å²) >= 11 is 1.51. The van der Waals surface area contributed by atoms with Crippen LogP contribution in [0.5, 0.6) is 0 Å². The maximum atomic E-state index is 12.2. The van der Waals surface area contributed by atoms with Crippen LogP contribution in [0.1, 0.15) is 128 Å². The monoisotopic (exact) mass is 555 g/mol. The number of unbranched alkanes of at least 4 members (excludes halogenated alkanes) is 14. The van der Waals surface area contributed by atoms with E-state index in [0.717, 1.165) is 28.9 Å². The van der Waals surface area contributed by atoms with Gasteiger partial charge in [-0.05, 0) is 36.6 Å². The first kappa shape index (κ1) is 33.2. The number of thioether (sulfide) groups is 1. The summed E-state index contributed by atoms with van der Waals surface area (Å²) in [5.41, 5.74) is 7.66.